The van der Waals surface area contributed by atoms with E-state index in [0.29, 0.717) is 0 Å². The van der Waals surface area contributed by atoms with Gasteiger partial charge in [-0.15, -0.1) is 0 Å². The van der Waals surface area contributed by atoms with Crippen molar-refractivity contribution >= 4 is 0 Å². The maximum atomic E-state index is 2.48. The molecule has 0 aromatic rings. The highest BCUT2D eigenvalue weighted by atomic mass is 15.1. The average Bonchev–Trinajstić information content (AvgIpc) is 2.74. The quantitative estimate of drug-likeness (QED) is 0.111. The lowest BCUT2D eigenvalue weighted by Gasteiger charge is -2.24. The maximum Gasteiger partial charge on any atom is 0.00891 e. The van der Waals surface area contributed by atoms with Gasteiger partial charge in [-0.25, -0.2) is 0 Å². The van der Waals surface area contributed by atoms with Crippen LogP contribution in [0.15, 0.2) is 12.2 Å². The molecule has 0 spiro atoms. The molecule has 0 aromatic carbocycles. The first kappa shape index (κ1) is 29.7. The molecule has 0 aliphatic rings. The maximum absolute atomic E-state index is 2.48. The fraction of sp³-hybridized carbons (Fsp3) is 0.931. The number of hydrogen-bond donors (Lipinski definition) is 0. The number of nitrogens with zero attached hydrogens (tertiary/aromatic N) is 1. The Bertz CT molecular complexity index is 333. The normalized spacial score (nSPS) is 13.0. The minimum atomic E-state index is 0.811. The summed E-state index contributed by atoms with van der Waals surface area (Å²) in [5.41, 5.74) is 0. The second-order valence-corrected chi connectivity index (χ2v) is 9.90. The lowest BCUT2D eigenvalue weighted by atomic mass is 9.99. The molecule has 0 heterocycles. The molecule has 0 rings (SSSR count). The Kier molecular flexibility index (Phi) is 24.7. The van der Waals surface area contributed by atoms with Crippen molar-refractivity contribution in [3.63, 3.8) is 0 Å². The van der Waals surface area contributed by atoms with Gasteiger partial charge in [0.15, 0.2) is 0 Å². The predicted octanol–water partition coefficient (Wildman–Crippen LogP) is 10.1. The van der Waals surface area contributed by atoms with Crippen molar-refractivity contribution in [3.8, 4) is 0 Å². The Morgan fingerprint density at radius 2 is 0.800 bits per heavy atom. The van der Waals surface area contributed by atoms with Crippen LogP contribution in [0.25, 0.3) is 0 Å². The van der Waals surface area contributed by atoms with Crippen LogP contribution >= 0.6 is 0 Å². The minimum Gasteiger partial charge on any atom is -0.306 e. The fourth-order valence-corrected chi connectivity index (χ4v) is 4.45. The second-order valence-electron chi connectivity index (χ2n) is 9.90. The summed E-state index contributed by atoms with van der Waals surface area (Å²) in [6, 6.07) is 0.811. The monoisotopic (exact) mass is 421 g/mol. The summed E-state index contributed by atoms with van der Waals surface area (Å²) in [6.45, 7) is 4.60. The zero-order valence-corrected chi connectivity index (χ0v) is 21.7. The first-order valence-corrected chi connectivity index (χ1v) is 14.0. The summed E-state index contributed by atoms with van der Waals surface area (Å²) in [4.78, 5) is 2.48. The van der Waals surface area contributed by atoms with E-state index in [0.717, 1.165) is 6.04 Å². The topological polar surface area (TPSA) is 3.24 Å². The molecular weight excluding hydrogens is 362 g/mol. The number of unbranched alkanes of at least 4 members (excludes halogenated alkanes) is 17. The van der Waals surface area contributed by atoms with Crippen molar-refractivity contribution in [2.45, 2.75) is 161 Å². The molecule has 0 aliphatic carbocycles. The number of hydrogen-bond acceptors (Lipinski definition) is 1. The Morgan fingerprint density at radius 3 is 1.17 bits per heavy atom. The van der Waals surface area contributed by atoms with E-state index in [9.17, 15) is 0 Å². The summed E-state index contributed by atoms with van der Waals surface area (Å²) < 4.78 is 0. The molecule has 0 aliphatic heterocycles. The van der Waals surface area contributed by atoms with Gasteiger partial charge in [-0.05, 0) is 52.6 Å². The van der Waals surface area contributed by atoms with Gasteiger partial charge in [0.2, 0.25) is 0 Å². The highest BCUT2D eigenvalue weighted by Gasteiger charge is 2.10. The second kappa shape index (κ2) is 25.0. The highest BCUT2D eigenvalue weighted by Crippen LogP contribution is 2.17. The first-order valence-electron chi connectivity index (χ1n) is 14.0. The molecule has 30 heavy (non-hydrogen) atoms. The zero-order chi connectivity index (χ0) is 22.1. The molecule has 1 nitrogen and oxygen atoms in total. The summed E-state index contributed by atoms with van der Waals surface area (Å²) in [7, 11) is 4.56. The highest BCUT2D eigenvalue weighted by molar-refractivity contribution is 4.81. The van der Waals surface area contributed by atoms with Gasteiger partial charge in [-0.1, -0.05) is 129 Å². The third-order valence-electron chi connectivity index (χ3n) is 6.67. The first-order chi connectivity index (χ1) is 14.7. The van der Waals surface area contributed by atoms with E-state index < -0.39 is 0 Å². The molecule has 1 unspecified atom stereocenters. The molecular formula is C29H59N. The van der Waals surface area contributed by atoms with E-state index >= 15 is 0 Å². The molecule has 1 heteroatoms. The number of rotatable bonds is 24. The Labute approximate surface area is 192 Å². The van der Waals surface area contributed by atoms with E-state index in [-0.39, 0.29) is 0 Å². The van der Waals surface area contributed by atoms with E-state index in [2.05, 4.69) is 45.0 Å². The molecule has 0 radical (unpaired) electrons. The molecule has 0 saturated carbocycles. The van der Waals surface area contributed by atoms with Gasteiger partial charge in [-0.3, -0.25) is 0 Å². The van der Waals surface area contributed by atoms with E-state index in [4.69, 9.17) is 0 Å². The summed E-state index contributed by atoms with van der Waals surface area (Å²) in [5.74, 6) is 0. The molecule has 0 bridgehead atoms. The van der Waals surface area contributed by atoms with Crippen molar-refractivity contribution in [3.05, 3.63) is 12.2 Å². The van der Waals surface area contributed by atoms with Gasteiger partial charge in [-0.2, -0.15) is 0 Å². The third kappa shape index (κ3) is 22.4. The molecule has 1 atom stereocenters. The van der Waals surface area contributed by atoms with Crippen molar-refractivity contribution in [1.82, 2.24) is 4.90 Å². The van der Waals surface area contributed by atoms with E-state index in [1.165, 1.54) is 141 Å². The molecule has 0 N–H and O–H groups in total. The average molecular weight is 422 g/mol. The van der Waals surface area contributed by atoms with Crippen LogP contribution in [0, 0.1) is 0 Å². The molecule has 0 saturated heterocycles. The smallest absolute Gasteiger partial charge is 0.00891 e. The Hall–Kier alpha value is -0.300. The van der Waals surface area contributed by atoms with Crippen LogP contribution in [0.5, 0.6) is 0 Å². The van der Waals surface area contributed by atoms with Gasteiger partial charge >= 0.3 is 0 Å². The van der Waals surface area contributed by atoms with E-state index in [1.54, 1.807) is 0 Å². The number of allylic oxidation sites excluding steroid dienone is 2. The van der Waals surface area contributed by atoms with Crippen LogP contribution in [0.1, 0.15) is 155 Å². The third-order valence-corrected chi connectivity index (χ3v) is 6.67. The summed E-state index contributed by atoms with van der Waals surface area (Å²) in [6.07, 6.45) is 35.9. The van der Waals surface area contributed by atoms with Crippen LogP contribution < -0.4 is 0 Å². The van der Waals surface area contributed by atoms with Crippen molar-refractivity contribution in [1.29, 1.82) is 0 Å². The standard InChI is InChI=1S/C29H59N/c1-5-7-9-11-13-14-15-16-17-18-19-20-22-24-26-28-29(30(3)4)27-25-23-21-12-10-8-6-2/h16-17,29H,5-15,18-28H2,1-4H3/b17-16+. The van der Waals surface area contributed by atoms with E-state index in [1.807, 2.05) is 0 Å². The lowest BCUT2D eigenvalue weighted by molar-refractivity contribution is 0.251. The van der Waals surface area contributed by atoms with Gasteiger partial charge in [0.05, 0.1) is 0 Å². The predicted molar refractivity (Wildman–Crippen MR) is 140 cm³/mol. The van der Waals surface area contributed by atoms with Gasteiger partial charge in [0.25, 0.3) is 0 Å². The molecule has 0 amide bonds. The molecule has 0 fully saturated rings. The van der Waals surface area contributed by atoms with Gasteiger partial charge in [0, 0.05) is 6.04 Å². The fourth-order valence-electron chi connectivity index (χ4n) is 4.45. The van der Waals surface area contributed by atoms with Crippen LogP contribution in [0.2, 0.25) is 0 Å². The minimum absolute atomic E-state index is 0.811. The summed E-state index contributed by atoms with van der Waals surface area (Å²) >= 11 is 0. The zero-order valence-electron chi connectivity index (χ0n) is 21.7. The Morgan fingerprint density at radius 1 is 0.467 bits per heavy atom. The van der Waals surface area contributed by atoms with Crippen LogP contribution in [-0.2, 0) is 0 Å². The SMILES string of the molecule is CCCCCCCC/C=C/CCCCCCCC(CCCCCCCCC)N(C)C. The lowest BCUT2D eigenvalue weighted by Crippen LogP contribution is -2.27. The van der Waals surface area contributed by atoms with Crippen LogP contribution in [-0.4, -0.2) is 25.0 Å². The van der Waals surface area contributed by atoms with Crippen LogP contribution in [0.4, 0.5) is 0 Å². The van der Waals surface area contributed by atoms with Crippen molar-refractivity contribution in [2.75, 3.05) is 14.1 Å². The Balaban J connectivity index is 3.45. The van der Waals surface area contributed by atoms with Crippen molar-refractivity contribution in [2.24, 2.45) is 0 Å². The molecule has 0 aromatic heterocycles. The van der Waals surface area contributed by atoms with Gasteiger partial charge < -0.3 is 4.90 Å². The summed E-state index contributed by atoms with van der Waals surface area (Å²) in [5, 5.41) is 0. The van der Waals surface area contributed by atoms with Gasteiger partial charge in [0.1, 0.15) is 0 Å². The largest absolute Gasteiger partial charge is 0.306 e. The van der Waals surface area contributed by atoms with Crippen LogP contribution in [0.3, 0.4) is 0 Å². The van der Waals surface area contributed by atoms with Crippen molar-refractivity contribution < 1.29 is 0 Å². The molecule has 180 valence electrons.